The molecule has 0 aliphatic carbocycles. The van der Waals surface area contributed by atoms with Crippen LogP contribution in [0.5, 0.6) is 5.75 Å². The minimum atomic E-state index is -0.152. The summed E-state index contributed by atoms with van der Waals surface area (Å²) in [6.45, 7) is 1.11. The van der Waals surface area contributed by atoms with Crippen molar-refractivity contribution >= 4 is 5.91 Å². The summed E-state index contributed by atoms with van der Waals surface area (Å²) < 4.78 is 5.07. The second-order valence-corrected chi connectivity index (χ2v) is 4.15. The van der Waals surface area contributed by atoms with Gasteiger partial charge in [-0.25, -0.2) is 0 Å². The normalized spacial score (nSPS) is 19.2. The SMILES string of the molecule is COc1ccc(CN2CC(C#N)CC2=O)cc1. The fourth-order valence-corrected chi connectivity index (χ4v) is 1.96. The number of nitriles is 1. The molecule has 4 nitrogen and oxygen atoms in total. The van der Waals surface area contributed by atoms with Gasteiger partial charge in [0.25, 0.3) is 0 Å². The molecule has 0 N–H and O–H groups in total. The molecule has 17 heavy (non-hydrogen) atoms. The number of carbonyl (C=O) groups excluding carboxylic acids is 1. The summed E-state index contributed by atoms with van der Waals surface area (Å²) in [5.41, 5.74) is 1.05. The molecule has 1 fully saturated rings. The third-order valence-electron chi connectivity index (χ3n) is 2.93. The van der Waals surface area contributed by atoms with Crippen LogP contribution in [-0.2, 0) is 11.3 Å². The molecule has 0 saturated carbocycles. The lowest BCUT2D eigenvalue weighted by molar-refractivity contribution is -0.128. The fourth-order valence-electron chi connectivity index (χ4n) is 1.96. The number of ether oxygens (including phenoxy) is 1. The van der Waals surface area contributed by atoms with Gasteiger partial charge in [0.1, 0.15) is 5.75 Å². The van der Waals surface area contributed by atoms with Gasteiger partial charge >= 0.3 is 0 Å². The predicted octanol–water partition coefficient (Wildman–Crippen LogP) is 1.57. The second-order valence-electron chi connectivity index (χ2n) is 4.15. The first kappa shape index (κ1) is 11.5. The van der Waals surface area contributed by atoms with Crippen molar-refractivity contribution in [2.45, 2.75) is 13.0 Å². The van der Waals surface area contributed by atoms with Gasteiger partial charge in [-0.1, -0.05) is 12.1 Å². The number of rotatable bonds is 3. The monoisotopic (exact) mass is 230 g/mol. The van der Waals surface area contributed by atoms with Crippen LogP contribution >= 0.6 is 0 Å². The van der Waals surface area contributed by atoms with Crippen LogP contribution in [0.4, 0.5) is 0 Å². The Hall–Kier alpha value is -2.02. The van der Waals surface area contributed by atoms with Gasteiger partial charge in [0.2, 0.25) is 5.91 Å². The Morgan fingerprint density at radius 2 is 2.18 bits per heavy atom. The minimum Gasteiger partial charge on any atom is -0.497 e. The lowest BCUT2D eigenvalue weighted by Crippen LogP contribution is -2.24. The maximum atomic E-state index is 11.6. The van der Waals surface area contributed by atoms with Crippen molar-refractivity contribution in [1.29, 1.82) is 5.26 Å². The number of hydrogen-bond donors (Lipinski definition) is 0. The zero-order valence-electron chi connectivity index (χ0n) is 9.72. The largest absolute Gasteiger partial charge is 0.497 e. The second kappa shape index (κ2) is 4.88. The molecule has 2 rings (SSSR count). The van der Waals surface area contributed by atoms with Gasteiger partial charge in [-0.05, 0) is 17.7 Å². The Bertz CT molecular complexity index is 447. The summed E-state index contributed by atoms with van der Waals surface area (Å²) in [5, 5.41) is 8.79. The van der Waals surface area contributed by atoms with E-state index in [1.165, 1.54) is 0 Å². The molecule has 1 aromatic rings. The van der Waals surface area contributed by atoms with E-state index in [0.717, 1.165) is 11.3 Å². The number of likely N-dealkylation sites (tertiary alicyclic amines) is 1. The lowest BCUT2D eigenvalue weighted by Gasteiger charge is -2.15. The van der Waals surface area contributed by atoms with Gasteiger partial charge in [0.15, 0.2) is 0 Å². The lowest BCUT2D eigenvalue weighted by atomic mass is 10.1. The molecule has 1 aliphatic heterocycles. The minimum absolute atomic E-state index is 0.0624. The Morgan fingerprint density at radius 3 is 2.71 bits per heavy atom. The molecule has 0 aromatic heterocycles. The maximum absolute atomic E-state index is 11.6. The van der Waals surface area contributed by atoms with E-state index in [2.05, 4.69) is 6.07 Å². The molecule has 1 saturated heterocycles. The first-order chi connectivity index (χ1) is 8.22. The first-order valence-electron chi connectivity index (χ1n) is 5.53. The van der Waals surface area contributed by atoms with Crippen LogP contribution in [0, 0.1) is 17.2 Å². The number of methoxy groups -OCH3 is 1. The van der Waals surface area contributed by atoms with Crippen LogP contribution in [0.1, 0.15) is 12.0 Å². The Morgan fingerprint density at radius 1 is 1.47 bits per heavy atom. The zero-order valence-corrected chi connectivity index (χ0v) is 9.72. The molecule has 1 aliphatic rings. The number of amides is 1. The molecule has 1 heterocycles. The zero-order chi connectivity index (χ0) is 12.3. The summed E-state index contributed by atoms with van der Waals surface area (Å²) in [6.07, 6.45) is 0.354. The van der Waals surface area contributed by atoms with Crippen molar-refractivity contribution in [1.82, 2.24) is 4.90 Å². The van der Waals surface area contributed by atoms with Crippen molar-refractivity contribution in [2.24, 2.45) is 5.92 Å². The summed E-state index contributed by atoms with van der Waals surface area (Å²) in [4.78, 5) is 13.4. The van der Waals surface area contributed by atoms with Crippen molar-refractivity contribution < 1.29 is 9.53 Å². The van der Waals surface area contributed by atoms with E-state index in [1.807, 2.05) is 24.3 Å². The van der Waals surface area contributed by atoms with Gasteiger partial charge < -0.3 is 9.64 Å². The van der Waals surface area contributed by atoms with Crippen molar-refractivity contribution in [3.05, 3.63) is 29.8 Å². The van der Waals surface area contributed by atoms with Crippen molar-refractivity contribution in [2.75, 3.05) is 13.7 Å². The first-order valence-corrected chi connectivity index (χ1v) is 5.53. The molecule has 1 aromatic carbocycles. The highest BCUT2D eigenvalue weighted by Crippen LogP contribution is 2.20. The van der Waals surface area contributed by atoms with Gasteiger partial charge in [0, 0.05) is 19.5 Å². The molecule has 4 heteroatoms. The van der Waals surface area contributed by atoms with Crippen LogP contribution in [0.2, 0.25) is 0 Å². The standard InChI is InChI=1S/C13H14N2O2/c1-17-12-4-2-10(3-5-12)8-15-9-11(7-14)6-13(15)16/h2-5,11H,6,8-9H2,1H3. The molecule has 0 bridgehead atoms. The highest BCUT2D eigenvalue weighted by Gasteiger charge is 2.29. The van der Waals surface area contributed by atoms with Crippen LogP contribution in [0.3, 0.4) is 0 Å². The summed E-state index contributed by atoms with van der Waals surface area (Å²) >= 11 is 0. The highest BCUT2D eigenvalue weighted by atomic mass is 16.5. The van der Waals surface area contributed by atoms with Gasteiger partial charge in [0.05, 0.1) is 19.1 Å². The molecule has 1 atom stereocenters. The summed E-state index contributed by atoms with van der Waals surface area (Å²) in [5.74, 6) is 0.713. The molecule has 1 amide bonds. The van der Waals surface area contributed by atoms with E-state index in [-0.39, 0.29) is 11.8 Å². The Kier molecular flexibility index (Phi) is 3.29. The predicted molar refractivity (Wildman–Crippen MR) is 62.1 cm³/mol. The van der Waals surface area contributed by atoms with Crippen LogP contribution in [-0.4, -0.2) is 24.5 Å². The molecule has 0 radical (unpaired) electrons. The van der Waals surface area contributed by atoms with Crippen molar-refractivity contribution in [3.63, 3.8) is 0 Å². The third kappa shape index (κ3) is 2.56. The van der Waals surface area contributed by atoms with Gasteiger partial charge in [-0.15, -0.1) is 0 Å². The van der Waals surface area contributed by atoms with Crippen molar-refractivity contribution in [3.8, 4) is 11.8 Å². The molecule has 0 spiro atoms. The fraction of sp³-hybridized carbons (Fsp3) is 0.385. The molecular formula is C13H14N2O2. The maximum Gasteiger partial charge on any atom is 0.224 e. The van der Waals surface area contributed by atoms with Crippen LogP contribution < -0.4 is 4.74 Å². The number of carbonyl (C=O) groups is 1. The molecular weight excluding hydrogens is 216 g/mol. The number of benzene rings is 1. The number of hydrogen-bond acceptors (Lipinski definition) is 3. The van der Waals surface area contributed by atoms with E-state index in [9.17, 15) is 4.79 Å². The van der Waals surface area contributed by atoms with Crippen LogP contribution in [0.25, 0.3) is 0 Å². The topological polar surface area (TPSA) is 53.3 Å². The number of nitrogens with zero attached hydrogens (tertiary/aromatic N) is 2. The quantitative estimate of drug-likeness (QED) is 0.792. The van der Waals surface area contributed by atoms with E-state index >= 15 is 0 Å². The average Bonchev–Trinajstić information content (AvgIpc) is 2.71. The van der Waals surface area contributed by atoms with E-state index in [4.69, 9.17) is 10.00 Å². The van der Waals surface area contributed by atoms with Gasteiger partial charge in [-0.3, -0.25) is 4.79 Å². The Labute approximate surface area is 100 Å². The smallest absolute Gasteiger partial charge is 0.224 e. The molecule has 1 unspecified atom stereocenters. The summed E-state index contributed by atoms with van der Waals surface area (Å²) in [6, 6.07) is 9.76. The van der Waals surface area contributed by atoms with E-state index in [1.54, 1.807) is 12.0 Å². The molecule has 88 valence electrons. The highest BCUT2D eigenvalue weighted by molar-refractivity contribution is 5.79. The van der Waals surface area contributed by atoms with E-state index in [0.29, 0.717) is 19.5 Å². The van der Waals surface area contributed by atoms with E-state index < -0.39 is 0 Å². The Balaban J connectivity index is 2.01. The summed E-state index contributed by atoms with van der Waals surface area (Å²) in [7, 11) is 1.62. The average molecular weight is 230 g/mol. The third-order valence-corrected chi connectivity index (χ3v) is 2.93. The van der Waals surface area contributed by atoms with Crippen LogP contribution in [0.15, 0.2) is 24.3 Å². The van der Waals surface area contributed by atoms with Gasteiger partial charge in [-0.2, -0.15) is 5.26 Å².